The van der Waals surface area contributed by atoms with Gasteiger partial charge in [0.15, 0.2) is 0 Å². The van der Waals surface area contributed by atoms with Crippen molar-refractivity contribution in [3.8, 4) is 0 Å². The summed E-state index contributed by atoms with van der Waals surface area (Å²) in [6.07, 6.45) is 0. The van der Waals surface area contributed by atoms with Gasteiger partial charge in [0.25, 0.3) is 0 Å². The van der Waals surface area contributed by atoms with E-state index in [0.29, 0.717) is 5.75 Å². The van der Waals surface area contributed by atoms with E-state index in [0.717, 1.165) is 22.4 Å². The van der Waals surface area contributed by atoms with E-state index in [-0.39, 0.29) is 11.7 Å². The summed E-state index contributed by atoms with van der Waals surface area (Å²) in [5.41, 5.74) is 3.17. The van der Waals surface area contributed by atoms with Crippen LogP contribution in [0.25, 0.3) is 0 Å². The Bertz CT molecular complexity index is 754. The summed E-state index contributed by atoms with van der Waals surface area (Å²) in [5, 5.41) is 11.7. The molecule has 1 amide bonds. The number of aryl methyl sites for hydroxylation is 1. The van der Waals surface area contributed by atoms with E-state index < -0.39 is 11.4 Å². The van der Waals surface area contributed by atoms with E-state index in [1.54, 1.807) is 0 Å². The minimum absolute atomic E-state index is 0.0665. The van der Waals surface area contributed by atoms with Crippen molar-refractivity contribution in [3.05, 3.63) is 65.2 Å². The lowest BCUT2D eigenvalue weighted by atomic mass is 9.83. The van der Waals surface area contributed by atoms with Crippen LogP contribution in [-0.2, 0) is 20.8 Å². The monoisotopic (exact) mass is 357 g/mol. The molecule has 2 N–H and O–H groups in total. The second kappa shape index (κ2) is 8.21. The average molecular weight is 357 g/mol. The number of thioether (sulfide) groups is 1. The Kier molecular flexibility index (Phi) is 6.26. The highest BCUT2D eigenvalue weighted by molar-refractivity contribution is 7.99. The number of nitrogens with one attached hydrogen (secondary N) is 1. The van der Waals surface area contributed by atoms with Gasteiger partial charge in [-0.05, 0) is 44.0 Å². The minimum Gasteiger partial charge on any atom is -0.481 e. The van der Waals surface area contributed by atoms with Gasteiger partial charge < -0.3 is 10.4 Å². The molecule has 0 atom stereocenters. The van der Waals surface area contributed by atoms with Crippen LogP contribution < -0.4 is 5.32 Å². The maximum atomic E-state index is 12.7. The number of carboxylic acids is 1. The predicted octanol–water partition coefficient (Wildman–Crippen LogP) is 4.23. The molecule has 25 heavy (non-hydrogen) atoms. The summed E-state index contributed by atoms with van der Waals surface area (Å²) in [6, 6.07) is 15.5. The molecule has 0 aliphatic rings. The maximum Gasteiger partial charge on any atom is 0.313 e. The van der Waals surface area contributed by atoms with Crippen molar-refractivity contribution in [2.24, 2.45) is 0 Å². The zero-order valence-electron chi connectivity index (χ0n) is 14.7. The van der Waals surface area contributed by atoms with Gasteiger partial charge in [0.05, 0.1) is 11.2 Å². The van der Waals surface area contributed by atoms with Crippen molar-refractivity contribution in [3.63, 3.8) is 0 Å². The van der Waals surface area contributed by atoms with Crippen LogP contribution in [0.5, 0.6) is 0 Å². The molecule has 2 aromatic carbocycles. The molecule has 0 saturated heterocycles. The lowest BCUT2D eigenvalue weighted by Gasteiger charge is -2.24. The molecule has 5 heteroatoms. The summed E-state index contributed by atoms with van der Waals surface area (Å²) in [7, 11) is 0. The highest BCUT2D eigenvalue weighted by Gasteiger charge is 2.29. The lowest BCUT2D eigenvalue weighted by Crippen LogP contribution is -2.34. The Balaban J connectivity index is 2.06. The first-order valence-electron chi connectivity index (χ1n) is 8.06. The van der Waals surface area contributed by atoms with Gasteiger partial charge in [0, 0.05) is 11.4 Å². The Morgan fingerprint density at radius 1 is 1.12 bits per heavy atom. The second-order valence-electron chi connectivity index (χ2n) is 6.53. The van der Waals surface area contributed by atoms with E-state index in [9.17, 15) is 9.59 Å². The van der Waals surface area contributed by atoms with Crippen LogP contribution in [0.3, 0.4) is 0 Å². The summed E-state index contributed by atoms with van der Waals surface area (Å²) in [6.45, 7) is 5.82. The Morgan fingerprint density at radius 3 is 2.44 bits per heavy atom. The number of hydrogen-bond donors (Lipinski definition) is 2. The normalized spacial score (nSPS) is 11.2. The molecule has 4 nitrogen and oxygen atoms in total. The number of anilines is 1. The minimum atomic E-state index is -0.825. The van der Waals surface area contributed by atoms with Crippen LogP contribution in [0.15, 0.2) is 48.5 Å². The third-order valence-corrected chi connectivity index (χ3v) is 5.01. The van der Waals surface area contributed by atoms with E-state index >= 15 is 0 Å². The van der Waals surface area contributed by atoms with Gasteiger partial charge in [-0.3, -0.25) is 9.59 Å². The molecule has 0 aliphatic carbocycles. The van der Waals surface area contributed by atoms with E-state index in [4.69, 9.17) is 5.11 Å². The van der Waals surface area contributed by atoms with Gasteiger partial charge in [-0.25, -0.2) is 0 Å². The Labute approximate surface area is 152 Å². The van der Waals surface area contributed by atoms with Crippen LogP contribution in [0.1, 0.15) is 30.5 Å². The van der Waals surface area contributed by atoms with Gasteiger partial charge in [-0.15, -0.1) is 11.8 Å². The van der Waals surface area contributed by atoms with Crippen LogP contribution in [0.2, 0.25) is 0 Å². The van der Waals surface area contributed by atoms with Crippen LogP contribution in [0.4, 0.5) is 5.69 Å². The third-order valence-electron chi connectivity index (χ3n) is 4.02. The van der Waals surface area contributed by atoms with Gasteiger partial charge in [-0.1, -0.05) is 42.0 Å². The third kappa shape index (κ3) is 5.36. The highest BCUT2D eigenvalue weighted by atomic mass is 32.2. The molecular weight excluding hydrogens is 334 g/mol. The summed E-state index contributed by atoms with van der Waals surface area (Å²) in [4.78, 5) is 23.3. The molecule has 0 fully saturated rings. The second-order valence-corrected chi connectivity index (χ2v) is 7.52. The first-order chi connectivity index (χ1) is 11.8. The van der Waals surface area contributed by atoms with Crippen LogP contribution >= 0.6 is 11.8 Å². The molecule has 0 aliphatic heterocycles. The lowest BCUT2D eigenvalue weighted by molar-refractivity contribution is -0.133. The van der Waals surface area contributed by atoms with Crippen molar-refractivity contribution in [1.82, 2.24) is 0 Å². The van der Waals surface area contributed by atoms with Gasteiger partial charge in [0.2, 0.25) is 5.91 Å². The number of amides is 1. The highest BCUT2D eigenvalue weighted by Crippen LogP contribution is 2.26. The molecule has 2 aromatic rings. The largest absolute Gasteiger partial charge is 0.481 e. The smallest absolute Gasteiger partial charge is 0.313 e. The zero-order chi connectivity index (χ0) is 18.4. The Morgan fingerprint density at radius 2 is 1.80 bits per heavy atom. The molecule has 132 valence electrons. The predicted molar refractivity (Wildman–Crippen MR) is 103 cm³/mol. The van der Waals surface area contributed by atoms with E-state index in [1.165, 1.54) is 11.8 Å². The van der Waals surface area contributed by atoms with Gasteiger partial charge in [0.1, 0.15) is 0 Å². The SMILES string of the molecule is Cc1ccc(C(C)(C)C(=O)Nc2cccc(CSCC(=O)O)c2)cc1. The molecule has 0 radical (unpaired) electrons. The number of carbonyl (C=O) groups is 2. The number of benzene rings is 2. The van der Waals surface area contributed by atoms with Gasteiger partial charge >= 0.3 is 5.97 Å². The standard InChI is InChI=1S/C20H23NO3S/c1-14-7-9-16(10-8-14)20(2,3)19(24)21-17-6-4-5-15(11-17)12-25-13-18(22)23/h4-11H,12-13H2,1-3H3,(H,21,24)(H,22,23). The molecule has 0 spiro atoms. The first kappa shape index (κ1) is 19.1. The number of carboxylic acid groups (broad SMARTS) is 1. The van der Waals surface area contributed by atoms with Crippen molar-refractivity contribution in [2.75, 3.05) is 11.1 Å². The molecule has 0 saturated carbocycles. The van der Waals surface area contributed by atoms with Crippen molar-refractivity contribution < 1.29 is 14.7 Å². The number of rotatable bonds is 7. The van der Waals surface area contributed by atoms with E-state index in [1.807, 2.05) is 69.3 Å². The average Bonchev–Trinajstić information content (AvgIpc) is 2.55. The van der Waals surface area contributed by atoms with Gasteiger partial charge in [-0.2, -0.15) is 0 Å². The topological polar surface area (TPSA) is 66.4 Å². The fourth-order valence-electron chi connectivity index (χ4n) is 2.38. The fraction of sp³-hybridized carbons (Fsp3) is 0.300. The van der Waals surface area contributed by atoms with E-state index in [2.05, 4.69) is 5.32 Å². The summed E-state index contributed by atoms with van der Waals surface area (Å²) < 4.78 is 0. The molecule has 2 rings (SSSR count). The number of aliphatic carboxylic acids is 1. The van der Waals surface area contributed by atoms with Crippen LogP contribution in [0, 0.1) is 6.92 Å². The Hall–Kier alpha value is -2.27. The van der Waals surface area contributed by atoms with Crippen molar-refractivity contribution in [2.45, 2.75) is 31.9 Å². The summed E-state index contributed by atoms with van der Waals surface area (Å²) in [5.74, 6) is -0.241. The maximum absolute atomic E-state index is 12.7. The van der Waals surface area contributed by atoms with Crippen molar-refractivity contribution >= 4 is 29.3 Å². The van der Waals surface area contributed by atoms with Crippen LogP contribution in [-0.4, -0.2) is 22.7 Å². The first-order valence-corrected chi connectivity index (χ1v) is 9.21. The molecule has 0 aromatic heterocycles. The molecule has 0 bridgehead atoms. The van der Waals surface area contributed by atoms with Crippen molar-refractivity contribution in [1.29, 1.82) is 0 Å². The number of hydrogen-bond acceptors (Lipinski definition) is 3. The molecule has 0 heterocycles. The number of carbonyl (C=O) groups excluding carboxylic acids is 1. The molecule has 0 unspecified atom stereocenters. The fourth-order valence-corrected chi connectivity index (χ4v) is 3.08. The molecular formula is C20H23NO3S. The quantitative estimate of drug-likeness (QED) is 0.778. The summed E-state index contributed by atoms with van der Waals surface area (Å²) >= 11 is 1.33. The zero-order valence-corrected chi connectivity index (χ0v) is 15.5.